The molecule has 1 saturated heterocycles. The van der Waals surface area contributed by atoms with Crippen molar-refractivity contribution in [3.63, 3.8) is 0 Å². The Morgan fingerprint density at radius 3 is 2.69 bits per heavy atom. The summed E-state index contributed by atoms with van der Waals surface area (Å²) in [5, 5.41) is 17.9. The van der Waals surface area contributed by atoms with Gasteiger partial charge < -0.3 is 15.7 Å². The van der Waals surface area contributed by atoms with Crippen LogP contribution in [0.5, 0.6) is 0 Å². The Kier molecular flexibility index (Phi) is 7.17. The van der Waals surface area contributed by atoms with E-state index in [-0.39, 0.29) is 0 Å². The van der Waals surface area contributed by atoms with Gasteiger partial charge in [0.25, 0.3) is 0 Å². The highest BCUT2D eigenvalue weighted by Gasteiger charge is 2.30. The highest BCUT2D eigenvalue weighted by molar-refractivity contribution is 6.30. The molecule has 3 rings (SSSR count). The summed E-state index contributed by atoms with van der Waals surface area (Å²) in [6.07, 6.45) is 6.00. The number of nitrogens with zero attached hydrogens (tertiary/aromatic N) is 2. The summed E-state index contributed by atoms with van der Waals surface area (Å²) in [7, 11) is 0. The average Bonchev–Trinajstić information content (AvgIpc) is 3.32. The minimum absolute atomic E-state index is 0.329. The molecule has 1 aromatic rings. The van der Waals surface area contributed by atoms with E-state index in [1.54, 1.807) is 12.1 Å². The number of aliphatic hydroxyl groups is 1. The SMILES string of the molecule is CCNC(=NCC(O)c1ccc(Cl)cc1)NC1CCN(C2CCCC2)C1. The number of hydrogen-bond acceptors (Lipinski definition) is 3. The lowest BCUT2D eigenvalue weighted by molar-refractivity contribution is 0.187. The fourth-order valence-electron chi connectivity index (χ4n) is 3.99. The van der Waals surface area contributed by atoms with E-state index in [4.69, 9.17) is 11.6 Å². The van der Waals surface area contributed by atoms with Gasteiger partial charge in [0.2, 0.25) is 0 Å². The predicted octanol–water partition coefficient (Wildman–Crippen LogP) is 2.95. The Morgan fingerprint density at radius 1 is 1.27 bits per heavy atom. The van der Waals surface area contributed by atoms with Crippen LogP contribution in [0, 0.1) is 0 Å². The molecule has 3 N–H and O–H groups in total. The van der Waals surface area contributed by atoms with Gasteiger partial charge in [-0.15, -0.1) is 0 Å². The van der Waals surface area contributed by atoms with Gasteiger partial charge in [0, 0.05) is 36.7 Å². The number of aliphatic hydroxyl groups excluding tert-OH is 1. The van der Waals surface area contributed by atoms with Crippen LogP contribution in [0.4, 0.5) is 0 Å². The van der Waals surface area contributed by atoms with Crippen molar-refractivity contribution in [3.05, 3.63) is 34.9 Å². The monoisotopic (exact) mass is 378 g/mol. The van der Waals surface area contributed by atoms with Gasteiger partial charge in [-0.25, -0.2) is 0 Å². The largest absolute Gasteiger partial charge is 0.386 e. The lowest BCUT2D eigenvalue weighted by Crippen LogP contribution is -2.45. The number of halogens is 1. The minimum atomic E-state index is -0.624. The zero-order valence-corrected chi connectivity index (χ0v) is 16.4. The summed E-state index contributed by atoms with van der Waals surface area (Å²) in [5.41, 5.74) is 0.835. The first kappa shape index (κ1) is 19.5. The molecule has 2 unspecified atom stereocenters. The number of benzene rings is 1. The number of rotatable bonds is 6. The van der Waals surface area contributed by atoms with Gasteiger partial charge in [0.1, 0.15) is 0 Å². The molecule has 0 radical (unpaired) electrons. The first-order valence-electron chi connectivity index (χ1n) is 9.88. The summed E-state index contributed by atoms with van der Waals surface area (Å²) in [6, 6.07) is 8.50. The lowest BCUT2D eigenvalue weighted by atomic mass is 10.1. The second-order valence-electron chi connectivity index (χ2n) is 7.35. The average molecular weight is 379 g/mol. The lowest BCUT2D eigenvalue weighted by Gasteiger charge is -2.24. The molecule has 0 spiro atoms. The molecule has 1 aromatic carbocycles. The maximum atomic E-state index is 10.4. The smallest absolute Gasteiger partial charge is 0.191 e. The normalized spacial score (nSPS) is 23.3. The highest BCUT2D eigenvalue weighted by Crippen LogP contribution is 2.26. The van der Waals surface area contributed by atoms with E-state index >= 15 is 0 Å². The van der Waals surface area contributed by atoms with Crippen LogP contribution in [0.15, 0.2) is 29.3 Å². The van der Waals surface area contributed by atoms with E-state index in [1.807, 2.05) is 12.1 Å². The Balaban J connectivity index is 1.52. The third kappa shape index (κ3) is 5.35. The van der Waals surface area contributed by atoms with Crippen molar-refractivity contribution in [2.75, 3.05) is 26.2 Å². The minimum Gasteiger partial charge on any atom is -0.386 e. The molecular weight excluding hydrogens is 348 g/mol. The van der Waals surface area contributed by atoms with Crippen LogP contribution in [0.2, 0.25) is 5.02 Å². The number of hydrogen-bond donors (Lipinski definition) is 3. The second kappa shape index (κ2) is 9.58. The molecule has 0 amide bonds. The van der Waals surface area contributed by atoms with Gasteiger partial charge in [-0.2, -0.15) is 0 Å². The fraction of sp³-hybridized carbons (Fsp3) is 0.650. The first-order valence-corrected chi connectivity index (χ1v) is 10.3. The molecule has 1 aliphatic carbocycles. The van der Waals surface area contributed by atoms with E-state index in [2.05, 4.69) is 27.4 Å². The standard InChI is InChI=1S/C20H31ClN4O/c1-2-22-20(23-13-19(26)15-7-9-16(21)10-8-15)24-17-11-12-25(14-17)18-5-3-4-6-18/h7-10,17-19,26H,2-6,11-14H2,1H3,(H2,22,23,24). The molecule has 1 heterocycles. The predicted molar refractivity (Wildman–Crippen MR) is 108 cm³/mol. The Morgan fingerprint density at radius 2 is 2.00 bits per heavy atom. The van der Waals surface area contributed by atoms with Crippen LogP contribution < -0.4 is 10.6 Å². The highest BCUT2D eigenvalue weighted by atomic mass is 35.5. The summed E-state index contributed by atoms with van der Waals surface area (Å²) >= 11 is 5.91. The van der Waals surface area contributed by atoms with E-state index in [1.165, 1.54) is 32.2 Å². The molecule has 26 heavy (non-hydrogen) atoms. The maximum Gasteiger partial charge on any atom is 0.191 e. The molecule has 1 saturated carbocycles. The summed E-state index contributed by atoms with van der Waals surface area (Å²) in [4.78, 5) is 7.23. The Bertz CT molecular complexity index is 586. The topological polar surface area (TPSA) is 59.9 Å². The van der Waals surface area contributed by atoms with Crippen molar-refractivity contribution in [1.29, 1.82) is 0 Å². The van der Waals surface area contributed by atoms with E-state index in [9.17, 15) is 5.11 Å². The van der Waals surface area contributed by atoms with E-state index in [0.29, 0.717) is 17.6 Å². The molecular formula is C20H31ClN4O. The van der Waals surface area contributed by atoms with Crippen molar-refractivity contribution in [2.45, 2.75) is 57.2 Å². The molecule has 2 aliphatic rings. The van der Waals surface area contributed by atoms with Crippen LogP contribution in [0.1, 0.15) is 50.7 Å². The quantitative estimate of drug-likeness (QED) is 0.526. The summed E-state index contributed by atoms with van der Waals surface area (Å²) in [6.45, 7) is 5.47. The summed E-state index contributed by atoms with van der Waals surface area (Å²) in [5.74, 6) is 0.791. The first-order chi connectivity index (χ1) is 12.7. The molecule has 5 nitrogen and oxygen atoms in total. The van der Waals surface area contributed by atoms with Gasteiger partial charge in [-0.05, 0) is 43.9 Å². The molecule has 6 heteroatoms. The fourth-order valence-corrected chi connectivity index (χ4v) is 4.11. The van der Waals surface area contributed by atoms with Crippen LogP contribution in [-0.4, -0.2) is 54.2 Å². The number of likely N-dealkylation sites (tertiary alicyclic amines) is 1. The Hall–Kier alpha value is -1.30. The van der Waals surface area contributed by atoms with Crippen molar-refractivity contribution < 1.29 is 5.11 Å². The number of nitrogens with one attached hydrogen (secondary N) is 2. The molecule has 1 aliphatic heterocycles. The molecule has 2 atom stereocenters. The zero-order chi connectivity index (χ0) is 18.4. The van der Waals surface area contributed by atoms with Crippen molar-refractivity contribution in [1.82, 2.24) is 15.5 Å². The van der Waals surface area contributed by atoms with E-state index < -0.39 is 6.10 Å². The second-order valence-corrected chi connectivity index (χ2v) is 7.79. The van der Waals surface area contributed by atoms with Crippen LogP contribution >= 0.6 is 11.6 Å². The van der Waals surface area contributed by atoms with Crippen LogP contribution in [-0.2, 0) is 0 Å². The maximum absolute atomic E-state index is 10.4. The number of guanidine groups is 1. The molecule has 0 aromatic heterocycles. The summed E-state index contributed by atoms with van der Waals surface area (Å²) < 4.78 is 0. The van der Waals surface area contributed by atoms with Crippen molar-refractivity contribution >= 4 is 17.6 Å². The van der Waals surface area contributed by atoms with Gasteiger partial charge in [0.05, 0.1) is 12.6 Å². The van der Waals surface area contributed by atoms with Crippen LogP contribution in [0.3, 0.4) is 0 Å². The van der Waals surface area contributed by atoms with Gasteiger partial charge in [0.15, 0.2) is 5.96 Å². The third-order valence-corrected chi connectivity index (χ3v) is 5.67. The molecule has 2 fully saturated rings. The van der Waals surface area contributed by atoms with Crippen molar-refractivity contribution in [2.24, 2.45) is 4.99 Å². The molecule has 0 bridgehead atoms. The van der Waals surface area contributed by atoms with Gasteiger partial charge in [-0.1, -0.05) is 36.6 Å². The van der Waals surface area contributed by atoms with Crippen molar-refractivity contribution in [3.8, 4) is 0 Å². The molecule has 144 valence electrons. The van der Waals surface area contributed by atoms with E-state index in [0.717, 1.165) is 37.1 Å². The Labute approximate surface area is 161 Å². The van der Waals surface area contributed by atoms with Crippen LogP contribution in [0.25, 0.3) is 0 Å². The zero-order valence-electron chi connectivity index (χ0n) is 15.6. The van der Waals surface area contributed by atoms with Gasteiger partial charge >= 0.3 is 0 Å². The van der Waals surface area contributed by atoms with Gasteiger partial charge in [-0.3, -0.25) is 9.89 Å². The number of aliphatic imine (C=N–C) groups is 1. The third-order valence-electron chi connectivity index (χ3n) is 5.42.